The van der Waals surface area contributed by atoms with Crippen LogP contribution in [0.25, 0.3) is 0 Å². The van der Waals surface area contributed by atoms with E-state index in [1.54, 1.807) is 0 Å². The van der Waals surface area contributed by atoms with Crippen molar-refractivity contribution < 1.29 is 0 Å². The Bertz CT molecular complexity index is 100. The van der Waals surface area contributed by atoms with Crippen molar-refractivity contribution in [3.63, 3.8) is 0 Å². The normalized spacial score (nSPS) is 10.9. The largest absolute Gasteiger partial charge is 0.0651 e. The molecule has 0 aromatic heterocycles. The van der Waals surface area contributed by atoms with Crippen molar-refractivity contribution >= 4 is 0 Å². The summed E-state index contributed by atoms with van der Waals surface area (Å²) in [4.78, 5) is 0. The SMILES string of the molecule is CCC(CC)C(CC)CC.CCC(CC)CC. The number of hydrogen-bond donors (Lipinski definition) is 0. The molecule has 0 bridgehead atoms. The predicted molar refractivity (Wildman–Crippen MR) is 82.5 cm³/mol. The van der Waals surface area contributed by atoms with Crippen LogP contribution in [0, 0.1) is 17.8 Å². The van der Waals surface area contributed by atoms with Crippen molar-refractivity contribution in [1.29, 1.82) is 0 Å². The highest BCUT2D eigenvalue weighted by molar-refractivity contribution is 4.64. The summed E-state index contributed by atoms with van der Waals surface area (Å²) in [6.45, 7) is 16.0. The first-order chi connectivity index (χ1) is 8.14. The summed E-state index contributed by atoms with van der Waals surface area (Å²) in [5, 5.41) is 0. The minimum Gasteiger partial charge on any atom is -0.0651 e. The second-order valence-electron chi connectivity index (χ2n) is 5.24. The maximum Gasteiger partial charge on any atom is -0.0391 e. The van der Waals surface area contributed by atoms with Gasteiger partial charge in [0.05, 0.1) is 0 Å². The van der Waals surface area contributed by atoms with Gasteiger partial charge >= 0.3 is 0 Å². The summed E-state index contributed by atoms with van der Waals surface area (Å²) in [6, 6.07) is 0. The van der Waals surface area contributed by atoms with Crippen LogP contribution in [0.5, 0.6) is 0 Å². The van der Waals surface area contributed by atoms with Crippen molar-refractivity contribution in [2.75, 3.05) is 0 Å². The lowest BCUT2D eigenvalue weighted by atomic mass is 9.84. The molecule has 0 rings (SSSR count). The van der Waals surface area contributed by atoms with Gasteiger partial charge in [-0.1, -0.05) is 93.4 Å². The molecular formula is C17H38. The molecule has 0 amide bonds. The van der Waals surface area contributed by atoms with Crippen LogP contribution in [-0.4, -0.2) is 0 Å². The van der Waals surface area contributed by atoms with E-state index in [9.17, 15) is 0 Å². The number of rotatable bonds is 8. The molecule has 0 aromatic carbocycles. The first-order valence-corrected chi connectivity index (χ1v) is 8.14. The molecule has 0 saturated heterocycles. The van der Waals surface area contributed by atoms with Crippen LogP contribution in [0.1, 0.15) is 93.4 Å². The highest BCUT2D eigenvalue weighted by Gasteiger charge is 2.13. The van der Waals surface area contributed by atoms with Crippen LogP contribution in [0.15, 0.2) is 0 Å². The summed E-state index contributed by atoms with van der Waals surface area (Å²) in [5.41, 5.74) is 0. The molecule has 106 valence electrons. The zero-order valence-electron chi connectivity index (χ0n) is 13.7. The van der Waals surface area contributed by atoms with Crippen molar-refractivity contribution in [1.82, 2.24) is 0 Å². The topological polar surface area (TPSA) is 0 Å². The van der Waals surface area contributed by atoms with Gasteiger partial charge in [-0.15, -0.1) is 0 Å². The van der Waals surface area contributed by atoms with E-state index < -0.39 is 0 Å². The van der Waals surface area contributed by atoms with Gasteiger partial charge < -0.3 is 0 Å². The summed E-state index contributed by atoms with van der Waals surface area (Å²) in [5.74, 6) is 2.95. The van der Waals surface area contributed by atoms with E-state index in [-0.39, 0.29) is 0 Å². The van der Waals surface area contributed by atoms with E-state index in [2.05, 4.69) is 48.5 Å². The molecular weight excluding hydrogens is 204 g/mol. The summed E-state index contributed by atoms with van der Waals surface area (Å²) >= 11 is 0. The Morgan fingerprint density at radius 3 is 0.706 bits per heavy atom. The van der Waals surface area contributed by atoms with Crippen molar-refractivity contribution in [2.45, 2.75) is 93.4 Å². The molecule has 0 aliphatic rings. The molecule has 0 nitrogen and oxygen atoms in total. The number of hydrogen-bond acceptors (Lipinski definition) is 0. The lowest BCUT2D eigenvalue weighted by molar-refractivity contribution is 0.295. The van der Waals surface area contributed by atoms with Gasteiger partial charge in [0.1, 0.15) is 0 Å². The lowest BCUT2D eigenvalue weighted by Crippen LogP contribution is -2.11. The van der Waals surface area contributed by atoms with E-state index in [0.29, 0.717) is 0 Å². The molecule has 0 aromatic rings. The molecule has 17 heavy (non-hydrogen) atoms. The Morgan fingerprint density at radius 2 is 0.647 bits per heavy atom. The first kappa shape index (κ1) is 19.3. The molecule has 0 aliphatic heterocycles. The van der Waals surface area contributed by atoms with E-state index in [1.807, 2.05) is 0 Å². The predicted octanol–water partition coefficient (Wildman–Crippen LogP) is 6.69. The molecule has 0 saturated carbocycles. The monoisotopic (exact) mass is 242 g/mol. The minimum absolute atomic E-state index is 0.981. The second-order valence-corrected chi connectivity index (χ2v) is 5.24. The molecule has 0 unspecified atom stereocenters. The maximum absolute atomic E-state index is 2.31. The quantitative estimate of drug-likeness (QED) is 0.444. The van der Waals surface area contributed by atoms with Gasteiger partial charge in [-0.2, -0.15) is 0 Å². The van der Waals surface area contributed by atoms with Gasteiger partial charge in [-0.25, -0.2) is 0 Å². The van der Waals surface area contributed by atoms with Crippen LogP contribution < -0.4 is 0 Å². The van der Waals surface area contributed by atoms with Gasteiger partial charge in [0.2, 0.25) is 0 Å². The van der Waals surface area contributed by atoms with E-state index in [0.717, 1.165) is 17.8 Å². The minimum atomic E-state index is 0.981. The van der Waals surface area contributed by atoms with Gasteiger partial charge in [-0.3, -0.25) is 0 Å². The molecule has 0 heteroatoms. The highest BCUT2D eigenvalue weighted by Crippen LogP contribution is 2.24. The average molecular weight is 242 g/mol. The molecule has 0 spiro atoms. The smallest absolute Gasteiger partial charge is 0.0391 e. The molecule has 0 N–H and O–H groups in total. The fourth-order valence-corrected chi connectivity index (χ4v) is 2.78. The van der Waals surface area contributed by atoms with Crippen LogP contribution >= 0.6 is 0 Å². The first-order valence-electron chi connectivity index (χ1n) is 8.14. The summed E-state index contributed by atoms with van der Waals surface area (Å²) in [7, 11) is 0. The van der Waals surface area contributed by atoms with Crippen molar-refractivity contribution in [3.05, 3.63) is 0 Å². The van der Waals surface area contributed by atoms with Crippen LogP contribution in [0.4, 0.5) is 0 Å². The summed E-state index contributed by atoms with van der Waals surface area (Å²) in [6.07, 6.45) is 9.52. The Morgan fingerprint density at radius 1 is 0.412 bits per heavy atom. The van der Waals surface area contributed by atoms with Gasteiger partial charge in [0, 0.05) is 0 Å². The van der Waals surface area contributed by atoms with Crippen molar-refractivity contribution in [2.24, 2.45) is 17.8 Å². The van der Waals surface area contributed by atoms with Gasteiger partial charge in [-0.05, 0) is 17.8 Å². The van der Waals surface area contributed by atoms with Crippen LogP contribution in [-0.2, 0) is 0 Å². The highest BCUT2D eigenvalue weighted by atomic mass is 14.2. The van der Waals surface area contributed by atoms with Gasteiger partial charge in [0.25, 0.3) is 0 Å². The van der Waals surface area contributed by atoms with E-state index in [1.165, 1.54) is 44.9 Å². The summed E-state index contributed by atoms with van der Waals surface area (Å²) < 4.78 is 0. The van der Waals surface area contributed by atoms with Crippen molar-refractivity contribution in [3.8, 4) is 0 Å². The van der Waals surface area contributed by atoms with Crippen LogP contribution in [0.3, 0.4) is 0 Å². The average Bonchev–Trinajstić information content (AvgIpc) is 2.38. The zero-order chi connectivity index (χ0) is 13.7. The lowest BCUT2D eigenvalue weighted by Gasteiger charge is -2.22. The fraction of sp³-hybridized carbons (Fsp3) is 1.00. The second kappa shape index (κ2) is 14.1. The Balaban J connectivity index is 0. The third-order valence-corrected chi connectivity index (χ3v) is 4.50. The third-order valence-electron chi connectivity index (χ3n) is 4.50. The zero-order valence-corrected chi connectivity index (χ0v) is 13.7. The standard InChI is InChI=1S/C10H22.C7H16/c1-5-9(6-2)10(7-3)8-4;1-4-7(5-2)6-3/h9-10H,5-8H2,1-4H3;7H,4-6H2,1-3H3. The molecule has 0 heterocycles. The Labute approximate surface area is 112 Å². The van der Waals surface area contributed by atoms with E-state index in [4.69, 9.17) is 0 Å². The third kappa shape index (κ3) is 9.68. The van der Waals surface area contributed by atoms with Gasteiger partial charge in [0.15, 0.2) is 0 Å². The van der Waals surface area contributed by atoms with Crippen LogP contribution in [0.2, 0.25) is 0 Å². The molecule has 0 radical (unpaired) electrons. The molecule has 0 fully saturated rings. The van der Waals surface area contributed by atoms with E-state index >= 15 is 0 Å². The maximum atomic E-state index is 2.31. The fourth-order valence-electron chi connectivity index (χ4n) is 2.78. The Kier molecular flexibility index (Phi) is 16.0. The molecule has 0 aliphatic carbocycles. The Hall–Kier alpha value is 0. The molecule has 0 atom stereocenters.